The first-order valence-electron chi connectivity index (χ1n) is 6.29. The molecule has 0 aliphatic rings. The van der Waals surface area contributed by atoms with Gasteiger partial charge in [0.15, 0.2) is 0 Å². The van der Waals surface area contributed by atoms with E-state index in [1.165, 1.54) is 15.6 Å². The molecule has 0 fully saturated rings. The van der Waals surface area contributed by atoms with Crippen molar-refractivity contribution in [1.82, 2.24) is 0 Å². The van der Waals surface area contributed by atoms with Crippen LogP contribution in [0.25, 0.3) is 31.3 Å². The number of nitrogen functional groups attached to an aromatic ring is 2. The van der Waals surface area contributed by atoms with Crippen molar-refractivity contribution < 1.29 is 0 Å². The van der Waals surface area contributed by atoms with Gasteiger partial charge in [0.25, 0.3) is 0 Å². The fourth-order valence-corrected chi connectivity index (χ4v) is 4.59. The summed E-state index contributed by atoms with van der Waals surface area (Å²) >= 11 is 3.34. The molecule has 2 aromatic heterocycles. The molecule has 0 bridgehead atoms. The third kappa shape index (κ3) is 1.55. The Labute approximate surface area is 124 Å². The number of rotatable bonds is 1. The largest absolute Gasteiger partial charge is 0.398 e. The van der Waals surface area contributed by atoms with Crippen molar-refractivity contribution in [3.63, 3.8) is 0 Å². The molecule has 0 spiro atoms. The molecule has 4 rings (SSSR count). The second kappa shape index (κ2) is 4.23. The molecule has 0 saturated carbocycles. The number of hydrogen-bond acceptors (Lipinski definition) is 4. The molecule has 20 heavy (non-hydrogen) atoms. The Kier molecular flexibility index (Phi) is 2.49. The summed E-state index contributed by atoms with van der Waals surface area (Å²) < 4.78 is 2.41. The molecule has 0 amide bonds. The van der Waals surface area contributed by atoms with Crippen LogP contribution in [-0.2, 0) is 0 Å². The summed E-state index contributed by atoms with van der Waals surface area (Å²) in [7, 11) is 0. The predicted molar refractivity (Wildman–Crippen MR) is 91.5 cm³/mol. The fourth-order valence-electron chi connectivity index (χ4n) is 2.65. The van der Waals surface area contributed by atoms with Crippen molar-refractivity contribution in [2.24, 2.45) is 0 Å². The highest BCUT2D eigenvalue weighted by atomic mass is 32.1. The standard InChI is InChI=1S/C16H12N2S2/c17-11-5-2-6-12-14(11)13(16(18)20-12)10-4-1-3-9-7-8-19-15(9)10/h1-8H,17-18H2. The minimum Gasteiger partial charge on any atom is -0.398 e. The van der Waals surface area contributed by atoms with Gasteiger partial charge in [-0.05, 0) is 29.0 Å². The topological polar surface area (TPSA) is 52.0 Å². The molecular formula is C16H12N2S2. The van der Waals surface area contributed by atoms with Gasteiger partial charge in [-0.15, -0.1) is 22.7 Å². The number of thiophene rings is 2. The molecule has 0 radical (unpaired) electrons. The molecule has 0 aliphatic carbocycles. The third-order valence-corrected chi connectivity index (χ3v) is 5.47. The van der Waals surface area contributed by atoms with Crippen LogP contribution in [0, 0.1) is 0 Å². The number of hydrogen-bond donors (Lipinski definition) is 2. The van der Waals surface area contributed by atoms with E-state index in [1.54, 1.807) is 22.7 Å². The van der Waals surface area contributed by atoms with Gasteiger partial charge in [0.1, 0.15) is 0 Å². The van der Waals surface area contributed by atoms with Gasteiger partial charge < -0.3 is 11.5 Å². The first-order chi connectivity index (χ1) is 9.75. The van der Waals surface area contributed by atoms with Crippen LogP contribution in [0.2, 0.25) is 0 Å². The maximum atomic E-state index is 6.28. The van der Waals surface area contributed by atoms with E-state index in [2.05, 4.69) is 35.7 Å². The maximum Gasteiger partial charge on any atom is 0.0949 e. The van der Waals surface area contributed by atoms with Crippen molar-refractivity contribution in [1.29, 1.82) is 0 Å². The average Bonchev–Trinajstić information content (AvgIpc) is 3.02. The van der Waals surface area contributed by atoms with Crippen LogP contribution >= 0.6 is 22.7 Å². The van der Waals surface area contributed by atoms with E-state index in [4.69, 9.17) is 11.5 Å². The summed E-state index contributed by atoms with van der Waals surface area (Å²) in [5, 5.41) is 5.28. The predicted octanol–water partition coefficient (Wildman–Crippen LogP) is 4.95. The number of nitrogens with two attached hydrogens (primary N) is 2. The lowest BCUT2D eigenvalue weighted by Gasteiger charge is -2.05. The lowest BCUT2D eigenvalue weighted by Crippen LogP contribution is -1.88. The zero-order chi connectivity index (χ0) is 13.7. The van der Waals surface area contributed by atoms with E-state index in [9.17, 15) is 0 Å². The summed E-state index contributed by atoms with van der Waals surface area (Å²) in [5.74, 6) is 0. The van der Waals surface area contributed by atoms with Crippen LogP contribution < -0.4 is 11.5 Å². The van der Waals surface area contributed by atoms with Gasteiger partial charge in [-0.1, -0.05) is 24.3 Å². The van der Waals surface area contributed by atoms with Gasteiger partial charge in [0, 0.05) is 31.6 Å². The van der Waals surface area contributed by atoms with Crippen molar-refractivity contribution in [3.8, 4) is 11.1 Å². The zero-order valence-corrected chi connectivity index (χ0v) is 12.2. The lowest BCUT2D eigenvalue weighted by atomic mass is 10.0. The maximum absolute atomic E-state index is 6.28. The van der Waals surface area contributed by atoms with Gasteiger partial charge in [-0.25, -0.2) is 0 Å². The Morgan fingerprint density at radius 3 is 2.65 bits per heavy atom. The van der Waals surface area contributed by atoms with E-state index < -0.39 is 0 Å². The van der Waals surface area contributed by atoms with E-state index in [0.29, 0.717) is 0 Å². The Morgan fingerprint density at radius 2 is 1.75 bits per heavy atom. The molecule has 4 N–H and O–H groups in total. The van der Waals surface area contributed by atoms with Crippen molar-refractivity contribution in [3.05, 3.63) is 47.8 Å². The lowest BCUT2D eigenvalue weighted by molar-refractivity contribution is 1.76. The number of anilines is 2. The highest BCUT2D eigenvalue weighted by molar-refractivity contribution is 7.23. The highest BCUT2D eigenvalue weighted by Gasteiger charge is 2.16. The van der Waals surface area contributed by atoms with Crippen LogP contribution in [0.15, 0.2) is 47.8 Å². The molecule has 0 saturated heterocycles. The van der Waals surface area contributed by atoms with Gasteiger partial charge in [0.2, 0.25) is 0 Å². The van der Waals surface area contributed by atoms with Gasteiger partial charge in [0.05, 0.1) is 5.00 Å². The van der Waals surface area contributed by atoms with Crippen LogP contribution in [-0.4, -0.2) is 0 Å². The molecule has 2 aromatic carbocycles. The van der Waals surface area contributed by atoms with Gasteiger partial charge in [-0.3, -0.25) is 0 Å². The minimum atomic E-state index is 0.791. The molecule has 98 valence electrons. The van der Waals surface area contributed by atoms with Crippen LogP contribution in [0.3, 0.4) is 0 Å². The number of fused-ring (bicyclic) bond motifs is 2. The number of benzene rings is 2. The smallest absolute Gasteiger partial charge is 0.0949 e. The summed E-state index contributed by atoms with van der Waals surface area (Å²) in [4.78, 5) is 0. The van der Waals surface area contributed by atoms with Crippen molar-refractivity contribution >= 4 is 53.5 Å². The van der Waals surface area contributed by atoms with E-state index in [-0.39, 0.29) is 0 Å². The SMILES string of the molecule is Nc1sc2cccc(N)c2c1-c1cccc2ccsc12. The molecule has 4 heteroatoms. The zero-order valence-electron chi connectivity index (χ0n) is 10.6. The first kappa shape index (κ1) is 11.8. The Balaban J connectivity index is 2.17. The van der Waals surface area contributed by atoms with Crippen LogP contribution in [0.5, 0.6) is 0 Å². The average molecular weight is 296 g/mol. The summed E-state index contributed by atoms with van der Waals surface area (Å²) in [5.41, 5.74) is 15.5. The fraction of sp³-hybridized carbons (Fsp3) is 0. The Hall–Kier alpha value is -2.04. The van der Waals surface area contributed by atoms with Crippen LogP contribution in [0.4, 0.5) is 10.7 Å². The minimum absolute atomic E-state index is 0.791. The molecule has 2 nitrogen and oxygen atoms in total. The molecular weight excluding hydrogens is 284 g/mol. The second-order valence-electron chi connectivity index (χ2n) is 4.71. The molecule has 2 heterocycles. The molecule has 0 unspecified atom stereocenters. The summed E-state index contributed by atoms with van der Waals surface area (Å²) in [6.07, 6.45) is 0. The second-order valence-corrected chi connectivity index (χ2v) is 6.71. The highest BCUT2D eigenvalue weighted by Crippen LogP contribution is 2.46. The van der Waals surface area contributed by atoms with E-state index in [0.717, 1.165) is 26.3 Å². The van der Waals surface area contributed by atoms with Crippen molar-refractivity contribution in [2.75, 3.05) is 11.5 Å². The van der Waals surface area contributed by atoms with Crippen molar-refractivity contribution in [2.45, 2.75) is 0 Å². The normalized spacial score (nSPS) is 11.4. The molecule has 0 aliphatic heterocycles. The van der Waals surface area contributed by atoms with E-state index >= 15 is 0 Å². The van der Waals surface area contributed by atoms with Gasteiger partial charge in [-0.2, -0.15) is 0 Å². The van der Waals surface area contributed by atoms with E-state index in [1.807, 2.05) is 12.1 Å². The van der Waals surface area contributed by atoms with Crippen LogP contribution in [0.1, 0.15) is 0 Å². The molecule has 4 aromatic rings. The summed E-state index contributed by atoms with van der Waals surface area (Å²) in [6, 6.07) is 14.5. The monoisotopic (exact) mass is 296 g/mol. The third-order valence-electron chi connectivity index (χ3n) is 3.52. The van der Waals surface area contributed by atoms with Gasteiger partial charge >= 0.3 is 0 Å². The quantitative estimate of drug-likeness (QED) is 0.488. The Bertz CT molecular complexity index is 934. The first-order valence-corrected chi connectivity index (χ1v) is 7.98. The summed E-state index contributed by atoms with van der Waals surface area (Å²) in [6.45, 7) is 0. The Morgan fingerprint density at radius 1 is 0.900 bits per heavy atom. The molecule has 0 atom stereocenters.